The standard InChI is InChI=1S/C17H22N2O7/c20-8-17(15(23)14(22)13(21)7-26-17)19-12(16(24)25)5-9-6-18-11-4-2-1-3-10(9)11/h1-4,6,12-15,18-23H,5,7-8H2,(H,24,25)/t12?,13-,14-,15+,17?/m1/s1. The van der Waals surface area contributed by atoms with Gasteiger partial charge in [-0.05, 0) is 11.6 Å². The fourth-order valence-electron chi connectivity index (χ4n) is 3.23. The zero-order valence-electron chi connectivity index (χ0n) is 13.9. The number of aliphatic hydroxyl groups excluding tert-OH is 4. The molecule has 0 bridgehead atoms. The van der Waals surface area contributed by atoms with Crippen LogP contribution >= 0.6 is 0 Å². The Kier molecular flexibility index (Phi) is 5.28. The highest BCUT2D eigenvalue weighted by molar-refractivity contribution is 5.84. The summed E-state index contributed by atoms with van der Waals surface area (Å²) < 4.78 is 5.30. The largest absolute Gasteiger partial charge is 0.480 e. The number of para-hydroxylation sites is 1. The van der Waals surface area contributed by atoms with Crippen molar-refractivity contribution in [2.24, 2.45) is 0 Å². The molecule has 5 atom stereocenters. The average molecular weight is 366 g/mol. The number of H-pyrrole nitrogens is 1. The third kappa shape index (κ3) is 3.32. The van der Waals surface area contributed by atoms with Crippen molar-refractivity contribution in [3.63, 3.8) is 0 Å². The number of fused-ring (bicyclic) bond motifs is 1. The van der Waals surface area contributed by atoms with Crippen molar-refractivity contribution in [3.05, 3.63) is 36.0 Å². The van der Waals surface area contributed by atoms with Gasteiger partial charge in [-0.15, -0.1) is 0 Å². The molecule has 142 valence electrons. The SMILES string of the molecule is O=C(O)C(Cc1c[nH]c2ccccc12)NC1(CO)OC[C@@H](O)[C@@H](O)[C@@H]1O. The summed E-state index contributed by atoms with van der Waals surface area (Å²) in [6.45, 7) is -1.14. The number of aliphatic hydroxyl groups is 4. The van der Waals surface area contributed by atoms with Gasteiger partial charge in [0.1, 0.15) is 24.4 Å². The fraction of sp³-hybridized carbons (Fsp3) is 0.471. The molecule has 3 rings (SSSR count). The number of carbonyl (C=O) groups is 1. The molecule has 1 saturated heterocycles. The minimum atomic E-state index is -1.90. The van der Waals surface area contributed by atoms with E-state index < -0.39 is 42.7 Å². The Bertz CT molecular complexity index is 779. The Balaban J connectivity index is 1.85. The van der Waals surface area contributed by atoms with Crippen LogP contribution in [0.5, 0.6) is 0 Å². The van der Waals surface area contributed by atoms with E-state index in [0.29, 0.717) is 0 Å². The molecule has 0 saturated carbocycles. The number of ether oxygens (including phenoxy) is 1. The van der Waals surface area contributed by atoms with Crippen LogP contribution in [0.15, 0.2) is 30.5 Å². The van der Waals surface area contributed by atoms with Crippen molar-refractivity contribution in [2.75, 3.05) is 13.2 Å². The first-order chi connectivity index (χ1) is 12.4. The Hall–Kier alpha value is -2.01. The summed E-state index contributed by atoms with van der Waals surface area (Å²) in [6.07, 6.45) is -2.86. The van der Waals surface area contributed by atoms with Crippen molar-refractivity contribution >= 4 is 16.9 Å². The molecule has 1 aliphatic rings. The maximum atomic E-state index is 11.7. The van der Waals surface area contributed by atoms with Crippen LogP contribution in [-0.4, -0.2) is 79.8 Å². The lowest BCUT2D eigenvalue weighted by Gasteiger charge is -2.45. The molecule has 0 spiro atoms. The minimum Gasteiger partial charge on any atom is -0.480 e. The number of aliphatic carboxylic acids is 1. The Morgan fingerprint density at radius 3 is 2.77 bits per heavy atom. The lowest BCUT2D eigenvalue weighted by Crippen LogP contribution is -2.71. The van der Waals surface area contributed by atoms with E-state index in [9.17, 15) is 30.3 Å². The second-order valence-corrected chi connectivity index (χ2v) is 6.46. The van der Waals surface area contributed by atoms with Gasteiger partial charge >= 0.3 is 5.97 Å². The van der Waals surface area contributed by atoms with E-state index in [0.717, 1.165) is 16.5 Å². The summed E-state index contributed by atoms with van der Waals surface area (Å²) in [4.78, 5) is 14.8. The van der Waals surface area contributed by atoms with Crippen LogP contribution in [0.25, 0.3) is 10.9 Å². The molecule has 26 heavy (non-hydrogen) atoms. The van der Waals surface area contributed by atoms with Gasteiger partial charge in [0.05, 0.1) is 13.2 Å². The monoisotopic (exact) mass is 366 g/mol. The Morgan fingerprint density at radius 1 is 1.35 bits per heavy atom. The van der Waals surface area contributed by atoms with Gasteiger partial charge in [0.25, 0.3) is 0 Å². The van der Waals surface area contributed by atoms with E-state index in [-0.39, 0.29) is 13.0 Å². The van der Waals surface area contributed by atoms with Crippen molar-refractivity contribution in [3.8, 4) is 0 Å². The number of aromatic amines is 1. The van der Waals surface area contributed by atoms with Gasteiger partial charge in [-0.25, -0.2) is 0 Å². The van der Waals surface area contributed by atoms with E-state index in [1.54, 1.807) is 6.20 Å². The summed E-state index contributed by atoms with van der Waals surface area (Å²) in [5, 5.41) is 52.5. The molecule has 9 heteroatoms. The molecule has 0 radical (unpaired) electrons. The molecule has 1 aromatic carbocycles. The van der Waals surface area contributed by atoms with Crippen LogP contribution in [0.1, 0.15) is 5.56 Å². The highest BCUT2D eigenvalue weighted by Gasteiger charge is 2.50. The molecular formula is C17H22N2O7. The van der Waals surface area contributed by atoms with E-state index in [1.807, 2.05) is 24.3 Å². The van der Waals surface area contributed by atoms with Gasteiger partial charge in [0.2, 0.25) is 0 Å². The summed E-state index contributed by atoms with van der Waals surface area (Å²) in [5.74, 6) is -1.21. The van der Waals surface area contributed by atoms with Gasteiger partial charge in [-0.2, -0.15) is 0 Å². The molecule has 0 amide bonds. The maximum Gasteiger partial charge on any atom is 0.321 e. The molecule has 1 aromatic heterocycles. The zero-order chi connectivity index (χ0) is 18.9. The first kappa shape index (κ1) is 18.8. The minimum absolute atomic E-state index is 0.0514. The molecule has 1 aliphatic heterocycles. The predicted molar refractivity (Wildman–Crippen MR) is 90.4 cm³/mol. The third-order valence-electron chi connectivity index (χ3n) is 4.76. The lowest BCUT2D eigenvalue weighted by atomic mass is 9.93. The second kappa shape index (κ2) is 7.31. The molecule has 0 aliphatic carbocycles. The number of carboxylic acids is 1. The predicted octanol–water partition coefficient (Wildman–Crippen LogP) is -1.45. The number of rotatable bonds is 6. The smallest absolute Gasteiger partial charge is 0.321 e. The van der Waals surface area contributed by atoms with E-state index >= 15 is 0 Å². The van der Waals surface area contributed by atoms with Gasteiger partial charge in [0, 0.05) is 23.5 Å². The zero-order valence-corrected chi connectivity index (χ0v) is 13.9. The van der Waals surface area contributed by atoms with Crippen LogP contribution < -0.4 is 5.32 Å². The molecule has 9 nitrogen and oxygen atoms in total. The number of nitrogens with one attached hydrogen (secondary N) is 2. The van der Waals surface area contributed by atoms with Crippen LogP contribution in [0, 0.1) is 0 Å². The fourth-order valence-corrected chi connectivity index (χ4v) is 3.23. The number of carboxylic acid groups (broad SMARTS) is 1. The van der Waals surface area contributed by atoms with Gasteiger partial charge in [-0.3, -0.25) is 10.1 Å². The van der Waals surface area contributed by atoms with Crippen LogP contribution in [0.4, 0.5) is 0 Å². The third-order valence-corrected chi connectivity index (χ3v) is 4.76. The first-order valence-electron chi connectivity index (χ1n) is 8.22. The molecular weight excluding hydrogens is 344 g/mol. The maximum absolute atomic E-state index is 11.7. The molecule has 2 aromatic rings. The van der Waals surface area contributed by atoms with Crippen LogP contribution in [0.3, 0.4) is 0 Å². The summed E-state index contributed by atoms with van der Waals surface area (Å²) >= 11 is 0. The number of hydrogen-bond donors (Lipinski definition) is 7. The topological polar surface area (TPSA) is 155 Å². The van der Waals surface area contributed by atoms with Crippen LogP contribution in [0.2, 0.25) is 0 Å². The quantitative estimate of drug-likeness (QED) is 0.328. The van der Waals surface area contributed by atoms with Gasteiger partial charge in [0.15, 0.2) is 5.72 Å². The highest BCUT2D eigenvalue weighted by Crippen LogP contribution is 2.26. The van der Waals surface area contributed by atoms with Gasteiger partial charge in [-0.1, -0.05) is 18.2 Å². The number of hydrogen-bond acceptors (Lipinski definition) is 7. The van der Waals surface area contributed by atoms with E-state index in [1.165, 1.54) is 0 Å². The van der Waals surface area contributed by atoms with Crippen molar-refractivity contribution in [1.29, 1.82) is 0 Å². The summed E-state index contributed by atoms with van der Waals surface area (Å²) in [6, 6.07) is 6.20. The number of aromatic nitrogens is 1. The number of benzene rings is 1. The normalized spacial score (nSPS) is 30.4. The Labute approximate surface area is 148 Å². The molecule has 1 fully saturated rings. The summed E-state index contributed by atoms with van der Waals surface area (Å²) in [5.41, 5.74) is -0.302. The lowest BCUT2D eigenvalue weighted by molar-refractivity contribution is -0.261. The average Bonchev–Trinajstić information content (AvgIpc) is 3.04. The van der Waals surface area contributed by atoms with E-state index in [2.05, 4.69) is 10.3 Å². The van der Waals surface area contributed by atoms with Crippen molar-refractivity contribution < 1.29 is 35.1 Å². The first-order valence-corrected chi connectivity index (χ1v) is 8.22. The highest BCUT2D eigenvalue weighted by atomic mass is 16.6. The molecule has 2 heterocycles. The molecule has 2 unspecified atom stereocenters. The van der Waals surface area contributed by atoms with Crippen LogP contribution in [-0.2, 0) is 16.0 Å². The van der Waals surface area contributed by atoms with Gasteiger partial charge < -0.3 is 35.3 Å². The van der Waals surface area contributed by atoms with Crippen molar-refractivity contribution in [1.82, 2.24) is 10.3 Å². The van der Waals surface area contributed by atoms with Crippen molar-refractivity contribution in [2.45, 2.75) is 36.5 Å². The molecule has 7 N–H and O–H groups in total. The van der Waals surface area contributed by atoms with E-state index in [4.69, 9.17) is 4.74 Å². The summed E-state index contributed by atoms with van der Waals surface area (Å²) in [7, 11) is 0. The second-order valence-electron chi connectivity index (χ2n) is 6.46. The Morgan fingerprint density at radius 2 is 2.08 bits per heavy atom.